The van der Waals surface area contributed by atoms with Crippen LogP contribution in [0.15, 0.2) is 40.8 Å². The summed E-state index contributed by atoms with van der Waals surface area (Å²) in [5.74, 6) is 1.40. The second-order valence-electron chi connectivity index (χ2n) is 4.06. The maximum Gasteiger partial charge on any atom is 0.221 e. The number of ether oxygens (including phenoxy) is 2. The van der Waals surface area contributed by atoms with E-state index in [1.807, 2.05) is 31.2 Å². The first kappa shape index (κ1) is 11.0. The van der Waals surface area contributed by atoms with Gasteiger partial charge in [0.25, 0.3) is 0 Å². The Labute approximate surface area is 104 Å². The molecule has 0 N–H and O–H groups in total. The van der Waals surface area contributed by atoms with Crippen molar-refractivity contribution in [2.75, 3.05) is 0 Å². The largest absolute Gasteiger partial charge is 0.456 e. The Morgan fingerprint density at radius 1 is 1.06 bits per heavy atom. The number of hydrogen-bond donors (Lipinski definition) is 0. The van der Waals surface area contributed by atoms with Crippen molar-refractivity contribution in [3.05, 3.63) is 47.7 Å². The molecule has 18 heavy (non-hydrogen) atoms. The van der Waals surface area contributed by atoms with Crippen LogP contribution in [-0.4, -0.2) is 6.29 Å². The minimum absolute atomic E-state index is 0.168. The van der Waals surface area contributed by atoms with Crippen LogP contribution < -0.4 is 0 Å². The molecule has 0 unspecified atom stereocenters. The molecule has 2 heterocycles. The predicted molar refractivity (Wildman–Crippen MR) is 63.2 cm³/mol. The predicted octanol–water partition coefficient (Wildman–Crippen LogP) is 3.21. The lowest BCUT2D eigenvalue weighted by Crippen LogP contribution is -2.31. The molecule has 0 amide bonds. The second-order valence-corrected chi connectivity index (χ2v) is 4.06. The van der Waals surface area contributed by atoms with E-state index in [-0.39, 0.29) is 6.29 Å². The molecule has 2 aromatic rings. The molecule has 1 aromatic heterocycles. The Hall–Kier alpha value is -2.09. The zero-order valence-electron chi connectivity index (χ0n) is 9.79. The molecular formula is C14H11NO3. The highest BCUT2D eigenvalue weighted by Gasteiger charge is 2.31. The Morgan fingerprint density at radius 2 is 1.78 bits per heavy atom. The first-order chi connectivity index (χ1) is 8.76. The fourth-order valence-corrected chi connectivity index (χ4v) is 1.84. The van der Waals surface area contributed by atoms with Gasteiger partial charge in [0.2, 0.25) is 6.29 Å². The van der Waals surface area contributed by atoms with Gasteiger partial charge in [0, 0.05) is 5.56 Å². The molecule has 90 valence electrons. The summed E-state index contributed by atoms with van der Waals surface area (Å²) in [7, 11) is 0. The third-order valence-electron chi connectivity index (χ3n) is 2.79. The maximum absolute atomic E-state index is 8.73. The zero-order chi connectivity index (χ0) is 12.5. The van der Waals surface area contributed by atoms with Crippen LogP contribution in [0.1, 0.15) is 24.5 Å². The third kappa shape index (κ3) is 1.90. The number of nitrogens with zero attached hydrogens (tertiary/aromatic N) is 1. The highest BCUT2D eigenvalue weighted by Crippen LogP contribution is 2.34. The van der Waals surface area contributed by atoms with Crippen molar-refractivity contribution >= 4 is 0 Å². The lowest BCUT2D eigenvalue weighted by molar-refractivity contribution is -0.387. The Balaban J connectivity index is 1.82. The number of nitriles is 1. The highest BCUT2D eigenvalue weighted by atomic mass is 16.9. The van der Waals surface area contributed by atoms with Crippen LogP contribution in [0, 0.1) is 11.3 Å². The average molecular weight is 241 g/mol. The van der Waals surface area contributed by atoms with E-state index in [0.29, 0.717) is 11.3 Å². The molecule has 4 heteroatoms. The Morgan fingerprint density at radius 3 is 2.39 bits per heavy atom. The van der Waals surface area contributed by atoms with Crippen molar-refractivity contribution in [2.45, 2.75) is 19.5 Å². The molecule has 0 bridgehead atoms. The van der Waals surface area contributed by atoms with Gasteiger partial charge in [-0.15, -0.1) is 0 Å². The Kier molecular flexibility index (Phi) is 2.63. The molecule has 0 aliphatic carbocycles. The van der Waals surface area contributed by atoms with Crippen molar-refractivity contribution < 1.29 is 13.9 Å². The summed E-state index contributed by atoms with van der Waals surface area (Å²) >= 11 is 0. The molecule has 4 nitrogen and oxygen atoms in total. The lowest BCUT2D eigenvalue weighted by Gasteiger charge is -2.31. The highest BCUT2D eigenvalue weighted by molar-refractivity contribution is 5.58. The van der Waals surface area contributed by atoms with Gasteiger partial charge >= 0.3 is 0 Å². The normalized spacial score (nSPS) is 22.2. The van der Waals surface area contributed by atoms with Gasteiger partial charge in [-0.2, -0.15) is 5.26 Å². The van der Waals surface area contributed by atoms with E-state index >= 15 is 0 Å². The lowest BCUT2D eigenvalue weighted by atomic mass is 10.1. The molecule has 1 aliphatic rings. The standard InChI is InChI=1S/C14H11NO3/c1-9-16-14(17-9)13-7-6-12(18-13)11-4-2-10(8-15)3-5-11/h2-7,9,14H,1H3. The Bertz CT molecular complexity index is 588. The molecule has 0 spiro atoms. The van der Waals surface area contributed by atoms with E-state index in [2.05, 4.69) is 6.07 Å². The van der Waals surface area contributed by atoms with E-state index < -0.39 is 6.29 Å². The minimum Gasteiger partial charge on any atom is -0.456 e. The number of hydrogen-bond acceptors (Lipinski definition) is 4. The van der Waals surface area contributed by atoms with Crippen LogP contribution in [0.4, 0.5) is 0 Å². The minimum atomic E-state index is -0.396. The van der Waals surface area contributed by atoms with Crippen molar-refractivity contribution in [3.8, 4) is 17.4 Å². The monoisotopic (exact) mass is 241 g/mol. The van der Waals surface area contributed by atoms with E-state index in [0.717, 1.165) is 11.3 Å². The summed E-state index contributed by atoms with van der Waals surface area (Å²) in [5.41, 5.74) is 1.55. The zero-order valence-corrected chi connectivity index (χ0v) is 9.79. The van der Waals surface area contributed by atoms with Gasteiger partial charge in [0.05, 0.1) is 11.6 Å². The van der Waals surface area contributed by atoms with E-state index in [4.69, 9.17) is 19.2 Å². The van der Waals surface area contributed by atoms with E-state index in [1.54, 1.807) is 12.1 Å². The maximum atomic E-state index is 8.73. The molecule has 0 saturated carbocycles. The molecule has 0 radical (unpaired) electrons. The van der Waals surface area contributed by atoms with Gasteiger partial charge in [0.1, 0.15) is 5.76 Å². The fraction of sp³-hybridized carbons (Fsp3) is 0.214. The first-order valence-corrected chi connectivity index (χ1v) is 5.67. The molecule has 1 aliphatic heterocycles. The van der Waals surface area contributed by atoms with Crippen LogP contribution in [0.5, 0.6) is 0 Å². The summed E-state index contributed by atoms with van der Waals surface area (Å²) in [6.07, 6.45) is -0.564. The molecule has 1 saturated heterocycles. The number of rotatable bonds is 2. The van der Waals surface area contributed by atoms with Crippen LogP contribution in [-0.2, 0) is 9.47 Å². The molecule has 1 fully saturated rings. The fourth-order valence-electron chi connectivity index (χ4n) is 1.84. The first-order valence-electron chi connectivity index (χ1n) is 5.67. The summed E-state index contributed by atoms with van der Waals surface area (Å²) in [4.78, 5) is 0. The SMILES string of the molecule is CC1OC(c2ccc(-c3ccc(C#N)cc3)o2)O1. The quantitative estimate of drug-likeness (QED) is 0.810. The van der Waals surface area contributed by atoms with E-state index in [1.165, 1.54) is 0 Å². The van der Waals surface area contributed by atoms with Crippen molar-refractivity contribution in [3.63, 3.8) is 0 Å². The summed E-state index contributed by atoms with van der Waals surface area (Å²) < 4.78 is 16.4. The molecule has 1 aromatic carbocycles. The van der Waals surface area contributed by atoms with Gasteiger partial charge in [0.15, 0.2) is 12.1 Å². The van der Waals surface area contributed by atoms with Crippen molar-refractivity contribution in [1.29, 1.82) is 5.26 Å². The van der Waals surface area contributed by atoms with E-state index in [9.17, 15) is 0 Å². The van der Waals surface area contributed by atoms with Gasteiger partial charge < -0.3 is 13.9 Å². The van der Waals surface area contributed by atoms with Gasteiger partial charge in [-0.3, -0.25) is 0 Å². The third-order valence-corrected chi connectivity index (χ3v) is 2.79. The van der Waals surface area contributed by atoms with Crippen LogP contribution in [0.3, 0.4) is 0 Å². The summed E-state index contributed by atoms with van der Waals surface area (Å²) in [6.45, 7) is 1.83. The second kappa shape index (κ2) is 4.30. The topological polar surface area (TPSA) is 55.4 Å². The molecule has 0 atom stereocenters. The van der Waals surface area contributed by atoms with Crippen LogP contribution in [0.25, 0.3) is 11.3 Å². The summed E-state index contributed by atoms with van der Waals surface area (Å²) in [6, 6.07) is 13.0. The van der Waals surface area contributed by atoms with Crippen molar-refractivity contribution in [2.24, 2.45) is 0 Å². The summed E-state index contributed by atoms with van der Waals surface area (Å²) in [5, 5.41) is 8.73. The number of furan rings is 1. The molecular weight excluding hydrogens is 230 g/mol. The van der Waals surface area contributed by atoms with Crippen LogP contribution in [0.2, 0.25) is 0 Å². The van der Waals surface area contributed by atoms with Gasteiger partial charge in [-0.1, -0.05) is 0 Å². The molecule has 3 rings (SSSR count). The average Bonchev–Trinajstić information content (AvgIpc) is 2.84. The smallest absolute Gasteiger partial charge is 0.221 e. The van der Waals surface area contributed by atoms with Crippen LogP contribution >= 0.6 is 0 Å². The van der Waals surface area contributed by atoms with Crippen molar-refractivity contribution in [1.82, 2.24) is 0 Å². The van der Waals surface area contributed by atoms with Gasteiger partial charge in [-0.05, 0) is 43.3 Å². The van der Waals surface area contributed by atoms with Gasteiger partial charge in [-0.25, -0.2) is 0 Å². The number of benzene rings is 1.